The summed E-state index contributed by atoms with van der Waals surface area (Å²) in [6.45, 7) is 3.92. The maximum absolute atomic E-state index is 12.6. The predicted octanol–water partition coefficient (Wildman–Crippen LogP) is 5.17. The van der Waals surface area contributed by atoms with Crippen molar-refractivity contribution >= 4 is 17.5 Å². The van der Waals surface area contributed by atoms with Crippen LogP contribution in [0, 0.1) is 0 Å². The van der Waals surface area contributed by atoms with Gasteiger partial charge in [0, 0.05) is 50.7 Å². The van der Waals surface area contributed by atoms with E-state index in [9.17, 15) is 4.79 Å². The van der Waals surface area contributed by atoms with Crippen LogP contribution >= 0.6 is 11.6 Å². The fourth-order valence-corrected chi connectivity index (χ4v) is 5.89. The second kappa shape index (κ2) is 9.74. The SMILES string of the molecule is O=C(NC[C@H]1CCCO1)c1ccc(-c2ccc3c(c2)COC2(CCN(C4CCC4)CC2)O3)cc1Cl. The molecule has 1 atom stereocenters. The summed E-state index contributed by atoms with van der Waals surface area (Å²) < 4.78 is 18.3. The summed E-state index contributed by atoms with van der Waals surface area (Å²) in [7, 11) is 0. The van der Waals surface area contributed by atoms with Gasteiger partial charge in [-0.05, 0) is 61.1 Å². The van der Waals surface area contributed by atoms with E-state index < -0.39 is 5.79 Å². The highest BCUT2D eigenvalue weighted by molar-refractivity contribution is 6.34. The first-order chi connectivity index (χ1) is 17.1. The number of hydrogen-bond donors (Lipinski definition) is 1. The van der Waals surface area contributed by atoms with Crippen LogP contribution in [0.3, 0.4) is 0 Å². The van der Waals surface area contributed by atoms with E-state index in [4.69, 9.17) is 25.8 Å². The minimum atomic E-state index is -0.489. The van der Waals surface area contributed by atoms with Crippen LogP contribution in [0.1, 0.15) is 60.9 Å². The molecule has 0 radical (unpaired) electrons. The van der Waals surface area contributed by atoms with Crippen molar-refractivity contribution in [1.82, 2.24) is 10.2 Å². The third-order valence-electron chi connectivity index (χ3n) is 8.06. The number of likely N-dealkylation sites (tertiary alicyclic amines) is 1. The molecule has 7 heteroatoms. The number of rotatable bonds is 5. The molecule has 3 fully saturated rings. The van der Waals surface area contributed by atoms with Gasteiger partial charge in [0.2, 0.25) is 5.79 Å². The van der Waals surface area contributed by atoms with E-state index in [1.54, 1.807) is 6.07 Å². The van der Waals surface area contributed by atoms with Crippen molar-refractivity contribution in [3.63, 3.8) is 0 Å². The Kier molecular flexibility index (Phi) is 6.48. The number of carbonyl (C=O) groups excluding carboxylic acids is 1. The standard InChI is InChI=1S/C28H33ClN2O4/c29-25-16-20(6-8-24(25)27(32)30-17-23-5-2-14-33-23)19-7-9-26-21(15-19)18-34-28(35-26)10-12-31(13-11-28)22-3-1-4-22/h6-9,15-16,22-23H,1-5,10-14,17-18H2,(H,30,32)/t23-/m1/s1. The summed E-state index contributed by atoms with van der Waals surface area (Å²) in [5.74, 6) is 0.252. The van der Waals surface area contributed by atoms with Crippen LogP contribution in [-0.4, -0.2) is 55.0 Å². The summed E-state index contributed by atoms with van der Waals surface area (Å²) >= 11 is 6.51. The van der Waals surface area contributed by atoms with E-state index >= 15 is 0 Å². The van der Waals surface area contributed by atoms with Crippen molar-refractivity contribution in [2.75, 3.05) is 26.2 Å². The third kappa shape index (κ3) is 4.82. The number of halogens is 1. The van der Waals surface area contributed by atoms with E-state index in [0.717, 1.165) is 73.9 Å². The third-order valence-corrected chi connectivity index (χ3v) is 8.37. The topological polar surface area (TPSA) is 60.0 Å². The zero-order valence-corrected chi connectivity index (χ0v) is 20.8. The molecular formula is C28H33ClN2O4. The number of benzene rings is 2. The molecule has 1 spiro atoms. The van der Waals surface area contributed by atoms with Gasteiger partial charge in [0.25, 0.3) is 5.91 Å². The molecule has 2 saturated heterocycles. The summed E-state index contributed by atoms with van der Waals surface area (Å²) in [4.78, 5) is 15.2. The second-order valence-corrected chi connectivity index (χ2v) is 10.7. The number of hydrogen-bond acceptors (Lipinski definition) is 5. The predicted molar refractivity (Wildman–Crippen MR) is 135 cm³/mol. The monoisotopic (exact) mass is 496 g/mol. The van der Waals surface area contributed by atoms with Crippen LogP contribution in [0.15, 0.2) is 36.4 Å². The van der Waals surface area contributed by atoms with E-state index in [2.05, 4.69) is 22.3 Å². The molecule has 35 heavy (non-hydrogen) atoms. The largest absolute Gasteiger partial charge is 0.462 e. The molecule has 3 aliphatic heterocycles. The molecule has 186 valence electrons. The van der Waals surface area contributed by atoms with Crippen molar-refractivity contribution in [2.24, 2.45) is 0 Å². The van der Waals surface area contributed by atoms with Crippen LogP contribution in [-0.2, 0) is 16.1 Å². The average molecular weight is 497 g/mol. The number of carbonyl (C=O) groups is 1. The van der Waals surface area contributed by atoms with E-state index in [1.807, 2.05) is 18.2 Å². The van der Waals surface area contributed by atoms with Gasteiger partial charge in [0.05, 0.1) is 23.3 Å². The van der Waals surface area contributed by atoms with Crippen LogP contribution in [0.25, 0.3) is 11.1 Å². The van der Waals surface area contributed by atoms with Gasteiger partial charge in [-0.2, -0.15) is 0 Å². The Morgan fingerprint density at radius 3 is 2.57 bits per heavy atom. The van der Waals surface area contributed by atoms with Crippen LogP contribution in [0.5, 0.6) is 5.75 Å². The highest BCUT2D eigenvalue weighted by atomic mass is 35.5. The summed E-state index contributed by atoms with van der Waals surface area (Å²) in [5, 5.41) is 3.38. The number of fused-ring (bicyclic) bond motifs is 1. The zero-order chi connectivity index (χ0) is 23.8. The lowest BCUT2D eigenvalue weighted by molar-refractivity contribution is -0.231. The number of amides is 1. The molecule has 0 bridgehead atoms. The number of piperidine rings is 1. The Balaban J connectivity index is 1.11. The van der Waals surface area contributed by atoms with Crippen molar-refractivity contribution in [3.8, 4) is 16.9 Å². The lowest BCUT2D eigenvalue weighted by Gasteiger charge is -2.47. The minimum Gasteiger partial charge on any atom is -0.462 e. The lowest BCUT2D eigenvalue weighted by atomic mass is 9.89. The van der Waals surface area contributed by atoms with Gasteiger partial charge in [0.15, 0.2) is 0 Å². The van der Waals surface area contributed by atoms with Gasteiger partial charge >= 0.3 is 0 Å². The first-order valence-electron chi connectivity index (χ1n) is 13.0. The highest BCUT2D eigenvalue weighted by Gasteiger charge is 2.42. The van der Waals surface area contributed by atoms with E-state index in [1.165, 1.54) is 19.3 Å². The maximum atomic E-state index is 12.6. The molecule has 0 unspecified atom stereocenters. The van der Waals surface area contributed by atoms with Gasteiger partial charge in [-0.25, -0.2) is 0 Å². The number of nitrogens with one attached hydrogen (secondary N) is 1. The Hall–Kier alpha value is -2.12. The Labute approximate surface area is 211 Å². The van der Waals surface area contributed by atoms with Crippen molar-refractivity contribution in [3.05, 3.63) is 52.5 Å². The first-order valence-corrected chi connectivity index (χ1v) is 13.4. The molecule has 2 aromatic carbocycles. The molecule has 6 rings (SSSR count). The maximum Gasteiger partial charge on any atom is 0.252 e. The molecule has 6 nitrogen and oxygen atoms in total. The summed E-state index contributed by atoms with van der Waals surface area (Å²) in [6.07, 6.45) is 8.01. The van der Waals surface area contributed by atoms with Crippen molar-refractivity contribution < 1.29 is 19.0 Å². The van der Waals surface area contributed by atoms with Crippen molar-refractivity contribution in [2.45, 2.75) is 69.5 Å². The Bertz CT molecular complexity index is 1090. The Morgan fingerprint density at radius 1 is 1.06 bits per heavy atom. The van der Waals surface area contributed by atoms with Crippen LogP contribution in [0.2, 0.25) is 5.02 Å². The number of ether oxygens (including phenoxy) is 3. The van der Waals surface area contributed by atoms with E-state index in [0.29, 0.717) is 23.7 Å². The molecule has 2 aromatic rings. The second-order valence-electron chi connectivity index (χ2n) is 10.3. The van der Waals surface area contributed by atoms with Crippen molar-refractivity contribution in [1.29, 1.82) is 0 Å². The zero-order valence-electron chi connectivity index (χ0n) is 20.1. The fourth-order valence-electron chi connectivity index (χ4n) is 5.62. The molecule has 1 aliphatic carbocycles. The molecule has 1 saturated carbocycles. The van der Waals surface area contributed by atoms with Crippen LogP contribution in [0.4, 0.5) is 0 Å². The first kappa shape index (κ1) is 23.3. The van der Waals surface area contributed by atoms with Gasteiger partial charge < -0.3 is 19.5 Å². The summed E-state index contributed by atoms with van der Waals surface area (Å²) in [6, 6.07) is 12.6. The van der Waals surface area contributed by atoms with Gasteiger partial charge in [0.1, 0.15) is 5.75 Å². The molecule has 3 heterocycles. The van der Waals surface area contributed by atoms with Gasteiger partial charge in [-0.15, -0.1) is 0 Å². The van der Waals surface area contributed by atoms with Gasteiger partial charge in [-0.3, -0.25) is 9.69 Å². The highest BCUT2D eigenvalue weighted by Crippen LogP contribution is 2.40. The minimum absolute atomic E-state index is 0.103. The molecule has 4 aliphatic rings. The smallest absolute Gasteiger partial charge is 0.252 e. The molecular weight excluding hydrogens is 464 g/mol. The molecule has 0 aromatic heterocycles. The molecule has 1 amide bonds. The van der Waals surface area contributed by atoms with Gasteiger partial charge in [-0.1, -0.05) is 30.2 Å². The lowest BCUT2D eigenvalue weighted by Crippen LogP contribution is -2.54. The quantitative estimate of drug-likeness (QED) is 0.619. The van der Waals surface area contributed by atoms with E-state index in [-0.39, 0.29) is 12.0 Å². The fraction of sp³-hybridized carbons (Fsp3) is 0.536. The average Bonchev–Trinajstić information content (AvgIpc) is 3.36. The number of nitrogens with zero attached hydrogens (tertiary/aromatic N) is 1. The normalized spacial score (nSPS) is 24.0. The van der Waals surface area contributed by atoms with Crippen LogP contribution < -0.4 is 10.1 Å². The molecule has 1 N–H and O–H groups in total. The summed E-state index contributed by atoms with van der Waals surface area (Å²) in [5.41, 5.74) is 3.51. The Morgan fingerprint density at radius 2 is 1.86 bits per heavy atom.